The van der Waals surface area contributed by atoms with Crippen molar-refractivity contribution in [2.75, 3.05) is 5.32 Å². The third-order valence-electron chi connectivity index (χ3n) is 3.37. The molecule has 2 aromatic rings. The summed E-state index contributed by atoms with van der Waals surface area (Å²) in [6.07, 6.45) is 1.09. The normalized spacial score (nSPS) is 11.8. The Bertz CT molecular complexity index is 625. The lowest BCUT2D eigenvalue weighted by atomic mass is 10.1. The maximum atomic E-state index is 12.3. The van der Waals surface area contributed by atoms with E-state index in [0.29, 0.717) is 12.2 Å². The van der Waals surface area contributed by atoms with Crippen LogP contribution in [0.2, 0.25) is 0 Å². The summed E-state index contributed by atoms with van der Waals surface area (Å²) < 4.78 is 6.73. The smallest absolute Gasteiger partial charge is 0.265 e. The van der Waals surface area contributed by atoms with Crippen molar-refractivity contribution >= 4 is 27.5 Å². The van der Waals surface area contributed by atoms with Gasteiger partial charge in [-0.25, -0.2) is 0 Å². The number of benzene rings is 2. The van der Waals surface area contributed by atoms with Crippen molar-refractivity contribution < 1.29 is 9.53 Å². The number of carbonyl (C=O) groups excluding carboxylic acids is 1. The third-order valence-corrected chi connectivity index (χ3v) is 3.86. The highest BCUT2D eigenvalue weighted by Crippen LogP contribution is 2.18. The fraction of sp³-hybridized carbons (Fsp3) is 0.278. The molecule has 0 spiro atoms. The Labute approximate surface area is 139 Å². The first-order valence-electron chi connectivity index (χ1n) is 7.44. The fourth-order valence-electron chi connectivity index (χ4n) is 2.08. The number of aryl methyl sites for hydroxylation is 1. The van der Waals surface area contributed by atoms with Gasteiger partial charge in [0, 0.05) is 10.2 Å². The largest absolute Gasteiger partial charge is 0.481 e. The van der Waals surface area contributed by atoms with Gasteiger partial charge in [-0.3, -0.25) is 4.79 Å². The monoisotopic (exact) mass is 361 g/mol. The van der Waals surface area contributed by atoms with E-state index in [9.17, 15) is 4.79 Å². The third kappa shape index (κ3) is 4.60. The number of halogens is 1. The maximum Gasteiger partial charge on any atom is 0.265 e. The molecule has 116 valence electrons. The van der Waals surface area contributed by atoms with E-state index in [0.717, 1.165) is 16.6 Å². The molecular weight excluding hydrogens is 342 g/mol. The molecule has 22 heavy (non-hydrogen) atoms. The molecule has 0 aromatic heterocycles. The molecule has 0 aliphatic heterocycles. The van der Waals surface area contributed by atoms with Gasteiger partial charge in [0.05, 0.1) is 0 Å². The van der Waals surface area contributed by atoms with E-state index >= 15 is 0 Å². The lowest BCUT2D eigenvalue weighted by Gasteiger charge is -2.17. The zero-order valence-electron chi connectivity index (χ0n) is 12.8. The van der Waals surface area contributed by atoms with E-state index in [2.05, 4.69) is 28.2 Å². The van der Waals surface area contributed by atoms with Gasteiger partial charge < -0.3 is 10.1 Å². The van der Waals surface area contributed by atoms with Crippen molar-refractivity contribution in [1.82, 2.24) is 0 Å². The molecule has 0 aliphatic carbocycles. The molecule has 1 atom stereocenters. The van der Waals surface area contributed by atoms with Crippen LogP contribution >= 0.6 is 15.9 Å². The van der Waals surface area contributed by atoms with Gasteiger partial charge in [0.25, 0.3) is 5.91 Å². The number of hydrogen-bond donors (Lipinski definition) is 1. The summed E-state index contributed by atoms with van der Waals surface area (Å²) in [4.78, 5) is 12.3. The van der Waals surface area contributed by atoms with Gasteiger partial charge in [-0.15, -0.1) is 0 Å². The minimum atomic E-state index is -0.508. The van der Waals surface area contributed by atoms with E-state index in [1.54, 1.807) is 0 Å². The molecule has 0 aliphatic rings. The molecule has 1 N–H and O–H groups in total. The summed E-state index contributed by atoms with van der Waals surface area (Å²) in [6, 6.07) is 15.4. The van der Waals surface area contributed by atoms with Crippen molar-refractivity contribution in [2.45, 2.75) is 32.8 Å². The van der Waals surface area contributed by atoms with E-state index in [1.165, 1.54) is 5.56 Å². The fourth-order valence-corrected chi connectivity index (χ4v) is 2.48. The summed E-state index contributed by atoms with van der Waals surface area (Å²) in [7, 11) is 0. The lowest BCUT2D eigenvalue weighted by Crippen LogP contribution is -2.32. The second-order valence-electron chi connectivity index (χ2n) is 5.01. The Morgan fingerprint density at radius 3 is 2.50 bits per heavy atom. The van der Waals surface area contributed by atoms with Crippen LogP contribution in [0.15, 0.2) is 53.0 Å². The average Bonchev–Trinajstić information content (AvgIpc) is 2.53. The van der Waals surface area contributed by atoms with Gasteiger partial charge in [-0.05, 0) is 48.7 Å². The molecule has 0 radical (unpaired) electrons. The Balaban J connectivity index is 2.02. The summed E-state index contributed by atoms with van der Waals surface area (Å²) in [5.74, 6) is 0.577. The minimum absolute atomic E-state index is 0.139. The van der Waals surface area contributed by atoms with Crippen LogP contribution in [-0.2, 0) is 11.2 Å². The van der Waals surface area contributed by atoms with Crippen LogP contribution in [0, 0.1) is 0 Å². The molecule has 0 heterocycles. The zero-order valence-corrected chi connectivity index (χ0v) is 14.4. The van der Waals surface area contributed by atoms with Gasteiger partial charge >= 0.3 is 0 Å². The molecular formula is C18H20BrNO2. The van der Waals surface area contributed by atoms with Crippen LogP contribution in [0.3, 0.4) is 0 Å². The highest BCUT2D eigenvalue weighted by Gasteiger charge is 2.18. The number of amides is 1. The van der Waals surface area contributed by atoms with Gasteiger partial charge in [0.2, 0.25) is 0 Å². The van der Waals surface area contributed by atoms with Crippen molar-refractivity contribution in [2.24, 2.45) is 0 Å². The number of nitrogens with one attached hydrogen (secondary N) is 1. The Kier molecular flexibility index (Phi) is 6.01. The number of carbonyl (C=O) groups is 1. The predicted octanol–water partition coefficient (Wildman–Crippen LogP) is 4.81. The second kappa shape index (κ2) is 7.99. The highest BCUT2D eigenvalue weighted by molar-refractivity contribution is 9.10. The molecule has 0 fully saturated rings. The Morgan fingerprint density at radius 2 is 1.91 bits per heavy atom. The molecule has 1 amide bonds. The summed E-state index contributed by atoms with van der Waals surface area (Å²) in [5.41, 5.74) is 2.00. The molecule has 4 heteroatoms. The van der Waals surface area contributed by atoms with Crippen LogP contribution < -0.4 is 10.1 Å². The van der Waals surface area contributed by atoms with Gasteiger partial charge in [0.1, 0.15) is 5.75 Å². The zero-order chi connectivity index (χ0) is 15.9. The molecule has 3 nitrogen and oxygen atoms in total. The van der Waals surface area contributed by atoms with Gasteiger partial charge in [-0.2, -0.15) is 0 Å². The number of anilines is 1. The quantitative estimate of drug-likeness (QED) is 0.801. The van der Waals surface area contributed by atoms with Gasteiger partial charge in [0.15, 0.2) is 6.10 Å². The highest BCUT2D eigenvalue weighted by atomic mass is 79.9. The van der Waals surface area contributed by atoms with Crippen molar-refractivity contribution in [3.63, 3.8) is 0 Å². The summed E-state index contributed by atoms with van der Waals surface area (Å²) in [6.45, 7) is 4.04. The molecule has 0 bridgehead atoms. The first kappa shape index (κ1) is 16.6. The first-order valence-corrected chi connectivity index (χ1v) is 8.23. The van der Waals surface area contributed by atoms with Crippen LogP contribution in [0.5, 0.6) is 5.75 Å². The first-order chi connectivity index (χ1) is 10.6. The van der Waals surface area contributed by atoms with Gasteiger partial charge in [-0.1, -0.05) is 48.0 Å². The van der Waals surface area contributed by atoms with Crippen molar-refractivity contribution in [3.05, 3.63) is 58.6 Å². The maximum absolute atomic E-state index is 12.3. The summed E-state index contributed by atoms with van der Waals surface area (Å²) in [5, 5.41) is 2.88. The number of ether oxygens (including phenoxy) is 1. The van der Waals surface area contributed by atoms with Crippen LogP contribution in [0.25, 0.3) is 0 Å². The SMILES string of the molecule is CCc1ccc(OC(CC)C(=O)Nc2cccc(Br)c2)cc1. The number of rotatable bonds is 6. The minimum Gasteiger partial charge on any atom is -0.481 e. The van der Waals surface area contributed by atoms with Crippen LogP contribution in [0.4, 0.5) is 5.69 Å². The molecule has 0 saturated carbocycles. The van der Waals surface area contributed by atoms with E-state index < -0.39 is 6.10 Å². The van der Waals surface area contributed by atoms with E-state index in [1.807, 2.05) is 55.5 Å². The topological polar surface area (TPSA) is 38.3 Å². The molecule has 0 saturated heterocycles. The lowest BCUT2D eigenvalue weighted by molar-refractivity contribution is -0.122. The Morgan fingerprint density at radius 1 is 1.18 bits per heavy atom. The molecule has 2 rings (SSSR count). The predicted molar refractivity (Wildman–Crippen MR) is 93.3 cm³/mol. The second-order valence-corrected chi connectivity index (χ2v) is 5.93. The molecule has 2 aromatic carbocycles. The van der Waals surface area contributed by atoms with Crippen molar-refractivity contribution in [1.29, 1.82) is 0 Å². The standard InChI is InChI=1S/C18H20BrNO2/c1-3-13-8-10-16(11-9-13)22-17(4-2)18(21)20-15-7-5-6-14(19)12-15/h5-12,17H,3-4H2,1-2H3,(H,20,21). The number of hydrogen-bond acceptors (Lipinski definition) is 2. The van der Waals surface area contributed by atoms with Crippen molar-refractivity contribution in [3.8, 4) is 5.75 Å². The van der Waals surface area contributed by atoms with Crippen LogP contribution in [0.1, 0.15) is 25.8 Å². The van der Waals surface area contributed by atoms with E-state index in [-0.39, 0.29) is 5.91 Å². The average molecular weight is 362 g/mol. The van der Waals surface area contributed by atoms with E-state index in [4.69, 9.17) is 4.74 Å². The van der Waals surface area contributed by atoms with Crippen LogP contribution in [-0.4, -0.2) is 12.0 Å². The molecule has 1 unspecified atom stereocenters. The summed E-state index contributed by atoms with van der Waals surface area (Å²) >= 11 is 3.39. The Hall–Kier alpha value is -1.81.